The Morgan fingerprint density at radius 1 is 1.12 bits per heavy atom. The van der Waals surface area contributed by atoms with Crippen LogP contribution in [-0.4, -0.2) is 20.4 Å². The van der Waals surface area contributed by atoms with Crippen LogP contribution in [0.15, 0.2) is 47.4 Å². The number of amides is 1. The van der Waals surface area contributed by atoms with Crippen LogP contribution in [0.5, 0.6) is 0 Å². The van der Waals surface area contributed by atoms with Gasteiger partial charge in [0, 0.05) is 23.2 Å². The number of nitrogens with one attached hydrogen (secondary N) is 2. The molecule has 2 aromatic carbocycles. The molecule has 7 heteroatoms. The second-order valence-electron chi connectivity index (χ2n) is 6.43. The van der Waals surface area contributed by atoms with Gasteiger partial charge in [-0.3, -0.25) is 4.79 Å². The van der Waals surface area contributed by atoms with E-state index in [1.54, 1.807) is 50.2 Å². The molecule has 2 rings (SSSR count). The number of hydrogen-bond donors (Lipinski definition) is 2. The molecule has 0 aliphatic heterocycles. The fourth-order valence-electron chi connectivity index (χ4n) is 2.41. The number of rotatable bonds is 7. The highest BCUT2D eigenvalue weighted by Gasteiger charge is 2.15. The molecule has 0 spiro atoms. The SMILES string of the molecule is Cc1ccc(Cl)cc1NC(=O)CCc1ccc(S(=O)(=O)NC(C)C)cc1. The minimum atomic E-state index is -3.50. The number of benzene rings is 2. The highest BCUT2D eigenvalue weighted by molar-refractivity contribution is 7.89. The summed E-state index contributed by atoms with van der Waals surface area (Å²) in [6.07, 6.45) is 0.811. The maximum absolute atomic E-state index is 12.1. The van der Waals surface area contributed by atoms with E-state index in [1.165, 1.54) is 0 Å². The first kappa shape index (κ1) is 20.4. The topological polar surface area (TPSA) is 75.3 Å². The summed E-state index contributed by atoms with van der Waals surface area (Å²) >= 11 is 5.95. The Hall–Kier alpha value is -1.89. The third-order valence-electron chi connectivity index (χ3n) is 3.74. The molecule has 0 aromatic heterocycles. The monoisotopic (exact) mass is 394 g/mol. The van der Waals surface area contributed by atoms with Crippen molar-refractivity contribution in [3.63, 3.8) is 0 Å². The Balaban J connectivity index is 1.95. The van der Waals surface area contributed by atoms with Crippen molar-refractivity contribution in [1.82, 2.24) is 4.72 Å². The van der Waals surface area contributed by atoms with E-state index in [4.69, 9.17) is 11.6 Å². The van der Waals surface area contributed by atoms with Gasteiger partial charge >= 0.3 is 0 Å². The Labute approximate surface area is 159 Å². The van der Waals surface area contributed by atoms with Gasteiger partial charge in [-0.05, 0) is 62.6 Å². The number of sulfonamides is 1. The Kier molecular flexibility index (Phi) is 6.81. The lowest BCUT2D eigenvalue weighted by atomic mass is 10.1. The number of hydrogen-bond acceptors (Lipinski definition) is 3. The summed E-state index contributed by atoms with van der Waals surface area (Å²) in [5, 5.41) is 3.42. The second kappa shape index (κ2) is 8.66. The first-order chi connectivity index (χ1) is 12.2. The molecule has 5 nitrogen and oxygen atoms in total. The fraction of sp³-hybridized carbons (Fsp3) is 0.316. The van der Waals surface area contributed by atoms with Gasteiger partial charge in [-0.2, -0.15) is 0 Å². The zero-order valence-corrected chi connectivity index (χ0v) is 16.6. The van der Waals surface area contributed by atoms with Gasteiger partial charge in [-0.15, -0.1) is 0 Å². The molecule has 0 fully saturated rings. The van der Waals surface area contributed by atoms with Crippen molar-refractivity contribution in [3.8, 4) is 0 Å². The number of carbonyl (C=O) groups excluding carboxylic acids is 1. The molecule has 0 unspecified atom stereocenters. The molecular weight excluding hydrogens is 372 g/mol. The zero-order chi connectivity index (χ0) is 19.3. The molecule has 0 radical (unpaired) electrons. The largest absolute Gasteiger partial charge is 0.326 e. The van der Waals surface area contributed by atoms with Crippen LogP contribution in [0.25, 0.3) is 0 Å². The van der Waals surface area contributed by atoms with Crippen molar-refractivity contribution in [2.75, 3.05) is 5.32 Å². The van der Waals surface area contributed by atoms with Crippen molar-refractivity contribution < 1.29 is 13.2 Å². The van der Waals surface area contributed by atoms with Gasteiger partial charge in [-0.25, -0.2) is 13.1 Å². The van der Waals surface area contributed by atoms with Crippen molar-refractivity contribution >= 4 is 33.2 Å². The van der Waals surface area contributed by atoms with Gasteiger partial charge in [0.05, 0.1) is 4.90 Å². The smallest absolute Gasteiger partial charge is 0.240 e. The van der Waals surface area contributed by atoms with E-state index in [0.717, 1.165) is 11.1 Å². The van der Waals surface area contributed by atoms with Crippen LogP contribution < -0.4 is 10.0 Å². The highest BCUT2D eigenvalue weighted by Crippen LogP contribution is 2.20. The molecule has 0 atom stereocenters. The molecule has 2 N–H and O–H groups in total. The molecule has 0 bridgehead atoms. The van der Waals surface area contributed by atoms with Crippen LogP contribution >= 0.6 is 11.6 Å². The summed E-state index contributed by atoms with van der Waals surface area (Å²) in [5.41, 5.74) is 2.53. The van der Waals surface area contributed by atoms with Gasteiger partial charge in [0.1, 0.15) is 0 Å². The number of anilines is 1. The quantitative estimate of drug-likeness (QED) is 0.747. The van der Waals surface area contributed by atoms with Crippen LogP contribution in [-0.2, 0) is 21.2 Å². The van der Waals surface area contributed by atoms with Gasteiger partial charge in [0.15, 0.2) is 0 Å². The second-order valence-corrected chi connectivity index (χ2v) is 8.58. The predicted octanol–water partition coefficient (Wildman–Crippen LogP) is 3.91. The molecule has 0 saturated heterocycles. The van der Waals surface area contributed by atoms with Crippen LogP contribution in [0.1, 0.15) is 31.4 Å². The number of aryl methyl sites for hydroxylation is 2. The fourth-order valence-corrected chi connectivity index (χ4v) is 3.84. The third-order valence-corrected chi connectivity index (χ3v) is 5.65. The zero-order valence-electron chi connectivity index (χ0n) is 15.0. The molecular formula is C19H23ClN2O3S. The summed E-state index contributed by atoms with van der Waals surface area (Å²) in [7, 11) is -3.50. The number of halogens is 1. The average molecular weight is 395 g/mol. The highest BCUT2D eigenvalue weighted by atomic mass is 35.5. The standard InChI is InChI=1S/C19H23ClN2O3S/c1-13(2)22-26(24,25)17-9-5-15(6-10-17)7-11-19(23)21-18-12-16(20)8-4-14(18)3/h4-6,8-10,12-13,22H,7,11H2,1-3H3,(H,21,23). The first-order valence-corrected chi connectivity index (χ1v) is 10.2. The molecule has 26 heavy (non-hydrogen) atoms. The van der Waals surface area contributed by atoms with Crippen molar-refractivity contribution in [3.05, 3.63) is 58.6 Å². The normalized spacial score (nSPS) is 11.6. The van der Waals surface area contributed by atoms with E-state index >= 15 is 0 Å². The van der Waals surface area contributed by atoms with E-state index in [-0.39, 0.29) is 16.8 Å². The van der Waals surface area contributed by atoms with Crippen LogP contribution in [0.3, 0.4) is 0 Å². The van der Waals surface area contributed by atoms with Crippen molar-refractivity contribution in [2.45, 2.75) is 44.6 Å². The lowest BCUT2D eigenvalue weighted by molar-refractivity contribution is -0.116. The van der Waals surface area contributed by atoms with Gasteiger partial charge in [0.25, 0.3) is 0 Å². The summed E-state index contributed by atoms with van der Waals surface area (Å²) in [4.78, 5) is 12.4. The van der Waals surface area contributed by atoms with Gasteiger partial charge in [0.2, 0.25) is 15.9 Å². The van der Waals surface area contributed by atoms with Gasteiger partial charge in [-0.1, -0.05) is 29.8 Å². The minimum absolute atomic E-state index is 0.117. The first-order valence-electron chi connectivity index (χ1n) is 8.34. The molecule has 0 heterocycles. The Bertz CT molecular complexity index is 878. The minimum Gasteiger partial charge on any atom is -0.326 e. The summed E-state index contributed by atoms with van der Waals surface area (Å²) in [6, 6.07) is 11.7. The maximum atomic E-state index is 12.1. The van der Waals surface area contributed by atoms with Crippen molar-refractivity contribution in [2.24, 2.45) is 0 Å². The van der Waals surface area contributed by atoms with Crippen LogP contribution in [0.2, 0.25) is 5.02 Å². The summed E-state index contributed by atoms with van der Waals surface area (Å²) in [6.45, 7) is 5.44. The van der Waals surface area contributed by atoms with E-state index in [2.05, 4.69) is 10.0 Å². The van der Waals surface area contributed by atoms with Crippen LogP contribution in [0, 0.1) is 6.92 Å². The lowest BCUT2D eigenvalue weighted by Crippen LogP contribution is -2.30. The Morgan fingerprint density at radius 3 is 2.38 bits per heavy atom. The predicted molar refractivity (Wildman–Crippen MR) is 105 cm³/mol. The van der Waals surface area contributed by atoms with E-state index < -0.39 is 10.0 Å². The lowest BCUT2D eigenvalue weighted by Gasteiger charge is -2.10. The molecule has 1 amide bonds. The van der Waals surface area contributed by atoms with E-state index in [9.17, 15) is 13.2 Å². The third kappa shape index (κ3) is 5.83. The molecule has 0 aliphatic rings. The molecule has 0 saturated carbocycles. The maximum Gasteiger partial charge on any atom is 0.240 e. The summed E-state index contributed by atoms with van der Waals surface area (Å²) < 4.78 is 26.7. The molecule has 0 aliphatic carbocycles. The van der Waals surface area contributed by atoms with Gasteiger partial charge < -0.3 is 5.32 Å². The average Bonchev–Trinajstić information content (AvgIpc) is 2.55. The summed E-state index contributed by atoms with van der Waals surface area (Å²) in [5.74, 6) is -0.117. The molecule has 2 aromatic rings. The van der Waals surface area contributed by atoms with E-state index in [1.807, 2.05) is 13.0 Å². The van der Waals surface area contributed by atoms with E-state index in [0.29, 0.717) is 23.6 Å². The molecule has 140 valence electrons. The number of carbonyl (C=O) groups is 1. The van der Waals surface area contributed by atoms with Crippen LogP contribution in [0.4, 0.5) is 5.69 Å². The van der Waals surface area contributed by atoms with Crippen molar-refractivity contribution in [1.29, 1.82) is 0 Å². The Morgan fingerprint density at radius 2 is 1.77 bits per heavy atom.